The van der Waals surface area contributed by atoms with Gasteiger partial charge < -0.3 is 20.3 Å². The Balaban J connectivity index is 1.60. The summed E-state index contributed by atoms with van der Waals surface area (Å²) in [6, 6.07) is 32.4. The lowest BCUT2D eigenvalue weighted by Gasteiger charge is -2.35. The zero-order valence-electron chi connectivity index (χ0n) is 27.4. The number of benzene rings is 3. The molecule has 238 valence electrons. The van der Waals surface area contributed by atoms with Crippen molar-refractivity contribution in [1.29, 1.82) is 0 Å². The van der Waals surface area contributed by atoms with Crippen molar-refractivity contribution in [1.82, 2.24) is 15.5 Å². The lowest BCUT2D eigenvalue weighted by atomic mass is 9.84. The maximum absolute atomic E-state index is 12.9. The molecule has 0 saturated carbocycles. The molecule has 44 heavy (non-hydrogen) atoms. The number of carbonyl (C=O) groups excluding carboxylic acids is 2. The van der Waals surface area contributed by atoms with Crippen LogP contribution in [0.15, 0.2) is 91.0 Å². The summed E-state index contributed by atoms with van der Waals surface area (Å²) in [5.74, 6) is 0.904. The van der Waals surface area contributed by atoms with E-state index >= 15 is 0 Å². The van der Waals surface area contributed by atoms with Gasteiger partial charge in [-0.3, -0.25) is 4.79 Å². The van der Waals surface area contributed by atoms with Gasteiger partial charge in [-0.15, -0.1) is 11.8 Å². The normalized spacial score (nSPS) is 12.0. The molecule has 0 aromatic heterocycles. The average Bonchev–Trinajstić information content (AvgIpc) is 3.02. The number of ether oxygens (including phenoxy) is 1. The molecule has 0 saturated heterocycles. The van der Waals surface area contributed by atoms with Crippen molar-refractivity contribution in [3.05, 3.63) is 108 Å². The Hall–Kier alpha value is -3.29. The summed E-state index contributed by atoms with van der Waals surface area (Å²) < 4.78 is 5.36. The van der Waals surface area contributed by atoms with Gasteiger partial charge in [-0.25, -0.2) is 4.79 Å². The second kappa shape index (κ2) is 16.7. The van der Waals surface area contributed by atoms with Crippen LogP contribution in [0.4, 0.5) is 4.79 Å². The van der Waals surface area contributed by atoms with Gasteiger partial charge in [0, 0.05) is 19.6 Å². The highest BCUT2D eigenvalue weighted by molar-refractivity contribution is 8.00. The zero-order valence-corrected chi connectivity index (χ0v) is 28.2. The van der Waals surface area contributed by atoms with Gasteiger partial charge in [0.05, 0.1) is 10.3 Å². The number of unbranched alkanes of at least 4 members (excludes halogenated alkanes) is 3. The van der Waals surface area contributed by atoms with Gasteiger partial charge in [0.15, 0.2) is 0 Å². The summed E-state index contributed by atoms with van der Waals surface area (Å²) in [7, 11) is 1.76. The van der Waals surface area contributed by atoms with E-state index in [1.165, 1.54) is 16.7 Å². The quantitative estimate of drug-likeness (QED) is 0.128. The van der Waals surface area contributed by atoms with Crippen LogP contribution in [-0.2, 0) is 14.3 Å². The summed E-state index contributed by atoms with van der Waals surface area (Å²) in [5, 5.41) is 5.95. The number of hydrogen-bond acceptors (Lipinski definition) is 5. The Morgan fingerprint density at radius 1 is 0.705 bits per heavy atom. The van der Waals surface area contributed by atoms with Crippen molar-refractivity contribution in [2.75, 3.05) is 32.4 Å². The first-order chi connectivity index (χ1) is 21.0. The fourth-order valence-corrected chi connectivity index (χ4v) is 6.57. The molecular formula is C37H51N3O3S. The maximum atomic E-state index is 12.9. The minimum atomic E-state index is -0.673. The Morgan fingerprint density at radius 3 is 1.64 bits per heavy atom. The summed E-state index contributed by atoms with van der Waals surface area (Å²) in [5.41, 5.74) is 2.59. The molecule has 3 aromatic carbocycles. The van der Waals surface area contributed by atoms with E-state index in [0.29, 0.717) is 19.6 Å². The molecule has 7 heteroatoms. The van der Waals surface area contributed by atoms with E-state index < -0.39 is 11.1 Å². The molecule has 0 aliphatic rings. The monoisotopic (exact) mass is 617 g/mol. The fraction of sp³-hybridized carbons (Fsp3) is 0.459. The first-order valence-electron chi connectivity index (χ1n) is 15.8. The molecule has 0 unspecified atom stereocenters. The van der Waals surface area contributed by atoms with Crippen molar-refractivity contribution in [3.63, 3.8) is 0 Å². The molecule has 0 bridgehead atoms. The van der Waals surface area contributed by atoms with Crippen LogP contribution < -0.4 is 10.6 Å². The first kappa shape index (κ1) is 35.2. The molecule has 0 spiro atoms. The summed E-state index contributed by atoms with van der Waals surface area (Å²) in [4.78, 5) is 27.1. The predicted octanol–water partition coefficient (Wildman–Crippen LogP) is 7.62. The lowest BCUT2D eigenvalue weighted by molar-refractivity contribution is -0.126. The third-order valence-corrected chi connectivity index (χ3v) is 9.33. The van der Waals surface area contributed by atoms with Crippen LogP contribution >= 0.6 is 11.8 Å². The van der Waals surface area contributed by atoms with Crippen molar-refractivity contribution < 1.29 is 14.3 Å². The third kappa shape index (κ3) is 10.1. The van der Waals surface area contributed by atoms with Crippen LogP contribution in [0, 0.1) is 0 Å². The zero-order chi connectivity index (χ0) is 32.1. The number of nitrogens with zero attached hydrogens (tertiary/aromatic N) is 1. The van der Waals surface area contributed by atoms with Gasteiger partial charge in [-0.05, 0) is 77.0 Å². The van der Waals surface area contributed by atoms with Gasteiger partial charge in [0.25, 0.3) is 0 Å². The number of amides is 2. The Bertz CT molecular complexity index is 1180. The van der Waals surface area contributed by atoms with Gasteiger partial charge in [0.2, 0.25) is 5.91 Å². The second-order valence-electron chi connectivity index (χ2n) is 12.6. The molecule has 0 aliphatic heterocycles. The lowest BCUT2D eigenvalue weighted by Crippen LogP contribution is -2.52. The topological polar surface area (TPSA) is 70.7 Å². The third-order valence-electron chi connectivity index (χ3n) is 7.69. The van der Waals surface area contributed by atoms with E-state index in [2.05, 4.69) is 102 Å². The van der Waals surface area contributed by atoms with E-state index in [9.17, 15) is 9.59 Å². The second-order valence-corrected chi connectivity index (χ2v) is 13.9. The highest BCUT2D eigenvalue weighted by Gasteiger charge is 2.36. The van der Waals surface area contributed by atoms with Gasteiger partial charge in [-0.2, -0.15) is 0 Å². The SMILES string of the molecule is CNC(C)(C)C(=O)NCCN(CCCCCCSC(c1ccccc1)(c1ccccc1)c1ccccc1)C(=O)OC(C)(C)C. The number of rotatable bonds is 16. The molecule has 0 aliphatic carbocycles. The summed E-state index contributed by atoms with van der Waals surface area (Å²) >= 11 is 1.99. The number of carbonyl (C=O) groups is 2. The molecule has 0 heterocycles. The van der Waals surface area contributed by atoms with Crippen molar-refractivity contribution in [2.24, 2.45) is 0 Å². The van der Waals surface area contributed by atoms with Crippen molar-refractivity contribution >= 4 is 23.8 Å². The van der Waals surface area contributed by atoms with Crippen LogP contribution in [0.5, 0.6) is 0 Å². The maximum Gasteiger partial charge on any atom is 0.410 e. The van der Waals surface area contributed by atoms with Gasteiger partial charge >= 0.3 is 6.09 Å². The molecule has 2 amide bonds. The molecule has 3 aromatic rings. The first-order valence-corrected chi connectivity index (χ1v) is 16.7. The van der Waals surface area contributed by atoms with Crippen LogP contribution in [0.3, 0.4) is 0 Å². The van der Waals surface area contributed by atoms with Crippen molar-refractivity contribution in [2.45, 2.75) is 76.2 Å². The molecule has 0 atom stereocenters. The standard InChI is InChI=1S/C37H51N3O3S/c1-35(2,3)43-34(42)40(28-26-39-33(41)36(4,5)38-6)27-18-7-8-19-29-44-37(30-20-12-9-13-21-30,31-22-14-10-15-23-31)32-24-16-11-17-25-32/h9-17,20-25,38H,7-8,18-19,26-29H2,1-6H3,(H,39,41). The Labute approximate surface area is 269 Å². The van der Waals surface area contributed by atoms with Gasteiger partial charge in [-0.1, -0.05) is 104 Å². The molecule has 6 nitrogen and oxygen atoms in total. The van der Waals surface area contributed by atoms with E-state index in [0.717, 1.165) is 31.4 Å². The van der Waals surface area contributed by atoms with E-state index in [-0.39, 0.29) is 16.7 Å². The molecular weight excluding hydrogens is 566 g/mol. The van der Waals surface area contributed by atoms with Crippen LogP contribution in [-0.4, -0.2) is 60.5 Å². The van der Waals surface area contributed by atoms with Crippen LogP contribution in [0.25, 0.3) is 0 Å². The average molecular weight is 618 g/mol. The van der Waals surface area contributed by atoms with Crippen molar-refractivity contribution in [3.8, 4) is 0 Å². The van der Waals surface area contributed by atoms with Crippen LogP contribution in [0.1, 0.15) is 77.0 Å². The summed E-state index contributed by atoms with van der Waals surface area (Å²) in [6.45, 7) is 10.7. The minimum Gasteiger partial charge on any atom is -0.444 e. The minimum absolute atomic E-state index is 0.0979. The summed E-state index contributed by atoms with van der Waals surface area (Å²) in [6.07, 6.45) is 3.68. The number of likely N-dealkylation sites (N-methyl/N-ethyl adjacent to an activating group) is 1. The highest BCUT2D eigenvalue weighted by atomic mass is 32.2. The Morgan fingerprint density at radius 2 is 1.18 bits per heavy atom. The van der Waals surface area contributed by atoms with E-state index in [4.69, 9.17) is 4.74 Å². The van der Waals surface area contributed by atoms with Crippen LogP contribution in [0.2, 0.25) is 0 Å². The van der Waals surface area contributed by atoms with Gasteiger partial charge in [0.1, 0.15) is 5.60 Å². The highest BCUT2D eigenvalue weighted by Crippen LogP contribution is 2.48. The van der Waals surface area contributed by atoms with E-state index in [1.807, 2.05) is 46.4 Å². The Kier molecular flexibility index (Phi) is 13.3. The molecule has 2 N–H and O–H groups in total. The number of thioether (sulfide) groups is 1. The smallest absolute Gasteiger partial charge is 0.410 e. The van der Waals surface area contributed by atoms with E-state index in [1.54, 1.807) is 11.9 Å². The number of hydrogen-bond donors (Lipinski definition) is 2. The number of nitrogens with one attached hydrogen (secondary N) is 2. The molecule has 0 radical (unpaired) electrons. The predicted molar refractivity (Wildman–Crippen MR) is 184 cm³/mol. The largest absolute Gasteiger partial charge is 0.444 e. The molecule has 0 fully saturated rings. The molecule has 3 rings (SSSR count). The fourth-order valence-electron chi connectivity index (χ4n) is 5.01.